The van der Waals surface area contributed by atoms with E-state index in [-0.39, 0.29) is 0 Å². The van der Waals surface area contributed by atoms with Crippen LogP contribution in [0, 0.1) is 11.8 Å². The summed E-state index contributed by atoms with van der Waals surface area (Å²) in [5.74, 6) is 1.64. The molecule has 1 aliphatic heterocycles. The van der Waals surface area contributed by atoms with Crippen LogP contribution in [0.3, 0.4) is 0 Å². The third-order valence-corrected chi connectivity index (χ3v) is 5.53. The molecule has 0 saturated carbocycles. The van der Waals surface area contributed by atoms with E-state index in [0.717, 1.165) is 37.0 Å². The average molecular weight is 439 g/mol. The van der Waals surface area contributed by atoms with E-state index in [9.17, 15) is 5.11 Å². The number of piperidine rings is 1. The van der Waals surface area contributed by atoms with Gasteiger partial charge in [-0.15, -0.1) is 0 Å². The predicted molar refractivity (Wildman–Crippen MR) is 125 cm³/mol. The second-order valence-electron chi connectivity index (χ2n) is 8.57. The van der Waals surface area contributed by atoms with Gasteiger partial charge >= 0.3 is 0 Å². The van der Waals surface area contributed by atoms with Crippen LogP contribution in [0.15, 0.2) is 29.3 Å². The maximum absolute atomic E-state index is 10.1. The lowest BCUT2D eigenvalue weighted by Gasteiger charge is -2.40. The zero-order chi connectivity index (χ0) is 21.9. The molecule has 3 unspecified atom stereocenters. The van der Waals surface area contributed by atoms with E-state index in [4.69, 9.17) is 16.3 Å². The molecular formula is C23H39ClN4O2. The van der Waals surface area contributed by atoms with Crippen molar-refractivity contribution in [1.29, 1.82) is 0 Å². The van der Waals surface area contributed by atoms with Gasteiger partial charge in [0, 0.05) is 30.8 Å². The Morgan fingerprint density at radius 3 is 2.83 bits per heavy atom. The van der Waals surface area contributed by atoms with E-state index in [2.05, 4.69) is 53.6 Å². The fourth-order valence-corrected chi connectivity index (χ4v) is 4.15. The first-order valence-electron chi connectivity index (χ1n) is 11.1. The van der Waals surface area contributed by atoms with Crippen molar-refractivity contribution in [1.82, 2.24) is 15.5 Å². The first-order chi connectivity index (χ1) is 14.4. The van der Waals surface area contributed by atoms with Crippen molar-refractivity contribution in [3.8, 4) is 0 Å². The highest BCUT2D eigenvalue weighted by molar-refractivity contribution is 6.30. The van der Waals surface area contributed by atoms with E-state index in [0.29, 0.717) is 37.6 Å². The average Bonchev–Trinajstić information content (AvgIpc) is 2.69. The van der Waals surface area contributed by atoms with E-state index < -0.39 is 6.10 Å². The molecule has 7 heteroatoms. The van der Waals surface area contributed by atoms with Crippen LogP contribution in [0.25, 0.3) is 0 Å². The summed E-state index contributed by atoms with van der Waals surface area (Å²) in [6.45, 7) is 10.2. The topological polar surface area (TPSA) is 69.1 Å². The summed E-state index contributed by atoms with van der Waals surface area (Å²) >= 11 is 6.26. The van der Waals surface area contributed by atoms with Crippen molar-refractivity contribution in [3.05, 3.63) is 34.9 Å². The quantitative estimate of drug-likeness (QED) is 0.386. The second-order valence-corrected chi connectivity index (χ2v) is 9.00. The molecule has 6 nitrogen and oxygen atoms in total. The molecule has 0 aliphatic carbocycles. The highest BCUT2D eigenvalue weighted by Crippen LogP contribution is 2.35. The maximum Gasteiger partial charge on any atom is 0.191 e. The molecule has 2 rings (SSSR count). The van der Waals surface area contributed by atoms with E-state index in [1.165, 1.54) is 12.0 Å². The lowest BCUT2D eigenvalue weighted by Crippen LogP contribution is -2.45. The summed E-state index contributed by atoms with van der Waals surface area (Å²) in [6.07, 6.45) is 1.73. The molecule has 30 heavy (non-hydrogen) atoms. The highest BCUT2D eigenvalue weighted by atomic mass is 35.5. The maximum atomic E-state index is 10.1. The minimum atomic E-state index is -0.598. The Morgan fingerprint density at radius 2 is 2.13 bits per heavy atom. The molecule has 0 radical (unpaired) electrons. The zero-order valence-corrected chi connectivity index (χ0v) is 19.7. The Morgan fingerprint density at radius 1 is 1.33 bits per heavy atom. The molecule has 3 N–H and O–H groups in total. The van der Waals surface area contributed by atoms with Gasteiger partial charge in [-0.3, -0.25) is 9.89 Å². The molecule has 0 aromatic heterocycles. The number of guanidine groups is 1. The fraction of sp³-hybridized carbons (Fsp3) is 0.696. The van der Waals surface area contributed by atoms with Gasteiger partial charge in [0.15, 0.2) is 5.96 Å². The van der Waals surface area contributed by atoms with Gasteiger partial charge in [0.05, 0.1) is 19.3 Å². The molecular weight excluding hydrogens is 400 g/mol. The van der Waals surface area contributed by atoms with Crippen LogP contribution in [-0.4, -0.2) is 68.5 Å². The molecule has 1 saturated heterocycles. The van der Waals surface area contributed by atoms with E-state index >= 15 is 0 Å². The number of likely N-dealkylation sites (tertiary alicyclic amines) is 1. The molecule has 1 heterocycles. The Balaban J connectivity index is 1.95. The molecule has 1 aliphatic rings. The van der Waals surface area contributed by atoms with Crippen molar-refractivity contribution in [2.75, 3.05) is 46.4 Å². The van der Waals surface area contributed by atoms with Gasteiger partial charge in [-0.05, 0) is 62.9 Å². The van der Waals surface area contributed by atoms with Crippen molar-refractivity contribution in [2.24, 2.45) is 16.8 Å². The van der Waals surface area contributed by atoms with Gasteiger partial charge in [0.2, 0.25) is 0 Å². The standard InChI is InChI=1S/C23H39ClN4O2/c1-5-25-23(27-14-21(29)16-30-15-17(2)3)26-13-19-9-7-11-28(4)22(19)18-8-6-10-20(24)12-18/h6,8,10,12,17,19,21-22,29H,5,7,9,11,13-16H2,1-4H3,(H2,25,26,27). The zero-order valence-electron chi connectivity index (χ0n) is 18.9. The summed E-state index contributed by atoms with van der Waals surface area (Å²) in [5.41, 5.74) is 1.26. The van der Waals surface area contributed by atoms with Gasteiger partial charge in [-0.2, -0.15) is 0 Å². The van der Waals surface area contributed by atoms with Gasteiger partial charge < -0.3 is 20.5 Å². The second kappa shape index (κ2) is 13.2. The summed E-state index contributed by atoms with van der Waals surface area (Å²) < 4.78 is 5.51. The Bertz CT molecular complexity index is 656. The molecule has 3 atom stereocenters. The monoisotopic (exact) mass is 438 g/mol. The van der Waals surface area contributed by atoms with Crippen LogP contribution >= 0.6 is 11.6 Å². The lowest BCUT2D eigenvalue weighted by molar-refractivity contribution is 0.0301. The number of aliphatic imine (C=N–C) groups is 1. The predicted octanol–water partition coefficient (Wildman–Crippen LogP) is 3.31. The van der Waals surface area contributed by atoms with E-state index in [1.54, 1.807) is 0 Å². The molecule has 0 spiro atoms. The van der Waals surface area contributed by atoms with Crippen molar-refractivity contribution < 1.29 is 9.84 Å². The minimum absolute atomic E-state index is 0.311. The van der Waals surface area contributed by atoms with E-state index in [1.807, 2.05) is 19.1 Å². The SMILES string of the molecule is CCNC(=NCC(O)COCC(C)C)NCC1CCCN(C)C1c1cccc(Cl)c1. The highest BCUT2D eigenvalue weighted by Gasteiger charge is 2.30. The number of nitrogens with one attached hydrogen (secondary N) is 2. The first kappa shape index (κ1) is 24.9. The smallest absolute Gasteiger partial charge is 0.191 e. The number of ether oxygens (including phenoxy) is 1. The molecule has 1 aromatic rings. The molecule has 170 valence electrons. The first-order valence-corrected chi connectivity index (χ1v) is 11.5. The number of hydrogen-bond donors (Lipinski definition) is 3. The van der Waals surface area contributed by atoms with Gasteiger partial charge in [-0.25, -0.2) is 0 Å². The fourth-order valence-electron chi connectivity index (χ4n) is 3.95. The Hall–Kier alpha value is -1.34. The number of hydrogen-bond acceptors (Lipinski definition) is 4. The number of nitrogens with zero attached hydrogens (tertiary/aromatic N) is 2. The largest absolute Gasteiger partial charge is 0.389 e. The summed E-state index contributed by atoms with van der Waals surface area (Å²) in [5, 5.41) is 17.7. The van der Waals surface area contributed by atoms with Crippen molar-refractivity contribution >= 4 is 17.6 Å². The van der Waals surface area contributed by atoms with Gasteiger partial charge in [-0.1, -0.05) is 37.6 Å². The minimum Gasteiger partial charge on any atom is -0.389 e. The normalized spacial score (nSPS) is 21.6. The molecule has 1 fully saturated rings. The van der Waals surface area contributed by atoms with Gasteiger partial charge in [0.25, 0.3) is 0 Å². The van der Waals surface area contributed by atoms with Crippen molar-refractivity contribution in [3.63, 3.8) is 0 Å². The molecule has 0 bridgehead atoms. The molecule has 1 aromatic carbocycles. The number of aliphatic hydroxyl groups excluding tert-OH is 1. The van der Waals surface area contributed by atoms with Crippen molar-refractivity contribution in [2.45, 2.75) is 45.8 Å². The Labute approximate surface area is 187 Å². The number of halogens is 1. The summed E-state index contributed by atoms with van der Waals surface area (Å²) in [6, 6.07) is 8.51. The van der Waals surface area contributed by atoms with Crippen LogP contribution in [0.5, 0.6) is 0 Å². The molecule has 0 amide bonds. The third-order valence-electron chi connectivity index (χ3n) is 5.29. The number of rotatable bonds is 10. The van der Waals surface area contributed by atoms with Gasteiger partial charge in [0.1, 0.15) is 0 Å². The Kier molecular flexibility index (Phi) is 10.9. The van der Waals surface area contributed by atoms with Crippen LogP contribution < -0.4 is 10.6 Å². The number of aliphatic hydroxyl groups is 1. The van der Waals surface area contributed by atoms with Crippen LogP contribution in [0.2, 0.25) is 5.02 Å². The summed E-state index contributed by atoms with van der Waals surface area (Å²) in [7, 11) is 2.19. The van der Waals surface area contributed by atoms with Crippen LogP contribution in [0.1, 0.15) is 45.2 Å². The third kappa shape index (κ3) is 8.42. The lowest BCUT2D eigenvalue weighted by atomic mass is 9.85. The summed E-state index contributed by atoms with van der Waals surface area (Å²) in [4.78, 5) is 6.97. The van der Waals surface area contributed by atoms with Crippen LogP contribution in [0.4, 0.5) is 0 Å². The number of benzene rings is 1. The van der Waals surface area contributed by atoms with Crippen LogP contribution in [-0.2, 0) is 4.74 Å².